The zero-order valence-corrected chi connectivity index (χ0v) is 14.4. The summed E-state index contributed by atoms with van der Waals surface area (Å²) in [6.45, 7) is 3.66. The van der Waals surface area contributed by atoms with Gasteiger partial charge in [0.05, 0.1) is 11.4 Å². The van der Waals surface area contributed by atoms with Crippen molar-refractivity contribution in [2.75, 3.05) is 0 Å². The minimum absolute atomic E-state index is 0.177. The number of benzene rings is 3. The molecule has 124 valence electrons. The van der Waals surface area contributed by atoms with Crippen LogP contribution in [0, 0.1) is 6.92 Å². The van der Waals surface area contributed by atoms with Crippen LogP contribution in [0.1, 0.15) is 18.1 Å². The number of carbonyl (C=O) groups is 1. The first-order valence-electron chi connectivity index (χ1n) is 8.27. The summed E-state index contributed by atoms with van der Waals surface area (Å²) >= 11 is 0. The lowest BCUT2D eigenvalue weighted by molar-refractivity contribution is -0.116. The molecule has 3 rings (SSSR count). The van der Waals surface area contributed by atoms with Gasteiger partial charge in [0, 0.05) is 6.42 Å². The molecular formula is C22H20N2O. The monoisotopic (exact) mass is 328 g/mol. The summed E-state index contributed by atoms with van der Waals surface area (Å²) in [7, 11) is 0. The van der Waals surface area contributed by atoms with Crippen LogP contribution in [-0.2, 0) is 11.2 Å². The van der Waals surface area contributed by atoms with Gasteiger partial charge in [-0.15, -0.1) is 0 Å². The molecule has 0 aliphatic rings. The number of nitrogens with zero attached hydrogens (tertiary/aromatic N) is 2. The Hall–Kier alpha value is -3.07. The van der Waals surface area contributed by atoms with E-state index in [-0.39, 0.29) is 5.78 Å². The van der Waals surface area contributed by atoms with Crippen molar-refractivity contribution in [2.24, 2.45) is 10.2 Å². The topological polar surface area (TPSA) is 41.8 Å². The Morgan fingerprint density at radius 1 is 0.720 bits per heavy atom. The second-order valence-electron chi connectivity index (χ2n) is 6.16. The summed E-state index contributed by atoms with van der Waals surface area (Å²) in [5, 5.41) is 8.53. The van der Waals surface area contributed by atoms with Gasteiger partial charge in [0.15, 0.2) is 0 Å². The lowest BCUT2D eigenvalue weighted by Crippen LogP contribution is -1.95. The first kappa shape index (κ1) is 16.8. The molecule has 3 heteroatoms. The van der Waals surface area contributed by atoms with E-state index in [2.05, 4.69) is 10.2 Å². The van der Waals surface area contributed by atoms with E-state index in [4.69, 9.17) is 0 Å². The number of ketones is 1. The Bertz CT molecular complexity index is 877. The Morgan fingerprint density at radius 2 is 1.16 bits per heavy atom. The van der Waals surface area contributed by atoms with Crippen LogP contribution in [0.3, 0.4) is 0 Å². The van der Waals surface area contributed by atoms with Crippen molar-refractivity contribution in [2.45, 2.75) is 20.3 Å². The molecular weight excluding hydrogens is 308 g/mol. The fourth-order valence-corrected chi connectivity index (χ4v) is 2.55. The molecule has 0 aliphatic carbocycles. The van der Waals surface area contributed by atoms with Crippen molar-refractivity contribution in [3.63, 3.8) is 0 Å². The normalized spacial score (nSPS) is 11.0. The van der Waals surface area contributed by atoms with E-state index in [1.54, 1.807) is 6.92 Å². The zero-order valence-electron chi connectivity index (χ0n) is 14.4. The fraction of sp³-hybridized carbons (Fsp3) is 0.136. The van der Waals surface area contributed by atoms with Crippen LogP contribution >= 0.6 is 0 Å². The molecule has 25 heavy (non-hydrogen) atoms. The Balaban J connectivity index is 1.71. The van der Waals surface area contributed by atoms with Gasteiger partial charge < -0.3 is 0 Å². The van der Waals surface area contributed by atoms with Crippen LogP contribution in [0.2, 0.25) is 0 Å². The summed E-state index contributed by atoms with van der Waals surface area (Å²) in [4.78, 5) is 11.2. The average molecular weight is 328 g/mol. The van der Waals surface area contributed by atoms with E-state index in [0.29, 0.717) is 6.42 Å². The molecule has 0 saturated heterocycles. The van der Waals surface area contributed by atoms with Gasteiger partial charge in [0.1, 0.15) is 5.78 Å². The number of aryl methyl sites for hydroxylation is 1. The lowest BCUT2D eigenvalue weighted by Gasteiger charge is -2.04. The highest BCUT2D eigenvalue weighted by molar-refractivity contribution is 5.78. The minimum Gasteiger partial charge on any atom is -0.300 e. The molecule has 0 unspecified atom stereocenters. The van der Waals surface area contributed by atoms with Crippen LogP contribution in [0.4, 0.5) is 11.4 Å². The average Bonchev–Trinajstić information content (AvgIpc) is 2.62. The first-order valence-corrected chi connectivity index (χ1v) is 8.27. The van der Waals surface area contributed by atoms with E-state index in [0.717, 1.165) is 28.1 Å². The first-order chi connectivity index (χ1) is 12.1. The van der Waals surface area contributed by atoms with E-state index >= 15 is 0 Å². The molecule has 3 aromatic carbocycles. The molecule has 0 fully saturated rings. The number of carbonyl (C=O) groups excluding carboxylic acids is 1. The van der Waals surface area contributed by atoms with Crippen LogP contribution in [0.5, 0.6) is 0 Å². The molecule has 0 spiro atoms. The largest absolute Gasteiger partial charge is 0.300 e. The van der Waals surface area contributed by atoms with E-state index in [1.165, 1.54) is 5.56 Å². The van der Waals surface area contributed by atoms with Gasteiger partial charge in [0.25, 0.3) is 0 Å². The van der Waals surface area contributed by atoms with E-state index in [9.17, 15) is 4.79 Å². The van der Waals surface area contributed by atoms with Gasteiger partial charge in [-0.25, -0.2) is 0 Å². The second kappa shape index (κ2) is 7.67. The van der Waals surface area contributed by atoms with Crippen molar-refractivity contribution < 1.29 is 4.79 Å². The van der Waals surface area contributed by atoms with Gasteiger partial charge in [-0.1, -0.05) is 54.1 Å². The van der Waals surface area contributed by atoms with Gasteiger partial charge >= 0.3 is 0 Å². The smallest absolute Gasteiger partial charge is 0.134 e. The number of hydrogen-bond acceptors (Lipinski definition) is 3. The number of hydrogen-bond donors (Lipinski definition) is 0. The molecule has 0 aromatic heterocycles. The van der Waals surface area contributed by atoms with Crippen LogP contribution in [0.25, 0.3) is 11.1 Å². The molecule has 0 aliphatic heterocycles. The predicted molar refractivity (Wildman–Crippen MR) is 102 cm³/mol. The van der Waals surface area contributed by atoms with Gasteiger partial charge in [0.2, 0.25) is 0 Å². The van der Waals surface area contributed by atoms with Crippen molar-refractivity contribution >= 4 is 17.2 Å². The quantitative estimate of drug-likeness (QED) is 0.513. The number of rotatable bonds is 5. The van der Waals surface area contributed by atoms with Gasteiger partial charge in [-0.2, -0.15) is 10.2 Å². The number of azo groups is 1. The Kier molecular flexibility index (Phi) is 5.14. The Morgan fingerprint density at radius 3 is 1.64 bits per heavy atom. The second-order valence-corrected chi connectivity index (χ2v) is 6.16. The zero-order chi connectivity index (χ0) is 17.6. The number of Topliss-reactive ketones (excluding diaryl/α,β-unsaturated/α-hetero) is 1. The van der Waals surface area contributed by atoms with Crippen LogP contribution in [-0.4, -0.2) is 5.78 Å². The molecule has 0 bridgehead atoms. The molecule has 0 saturated carbocycles. The van der Waals surface area contributed by atoms with Crippen LogP contribution < -0.4 is 0 Å². The molecule has 0 radical (unpaired) electrons. The van der Waals surface area contributed by atoms with Gasteiger partial charge in [-0.3, -0.25) is 4.79 Å². The summed E-state index contributed by atoms with van der Waals surface area (Å²) in [6.07, 6.45) is 0.485. The minimum atomic E-state index is 0.177. The van der Waals surface area contributed by atoms with Crippen molar-refractivity contribution in [3.8, 4) is 11.1 Å². The van der Waals surface area contributed by atoms with Crippen LogP contribution in [0.15, 0.2) is 83.0 Å². The molecule has 0 N–H and O–H groups in total. The summed E-state index contributed by atoms with van der Waals surface area (Å²) in [5.74, 6) is 0.177. The summed E-state index contributed by atoms with van der Waals surface area (Å²) < 4.78 is 0. The van der Waals surface area contributed by atoms with E-state index < -0.39 is 0 Å². The highest BCUT2D eigenvalue weighted by atomic mass is 16.1. The highest BCUT2D eigenvalue weighted by Gasteiger charge is 2.01. The third-order valence-electron chi connectivity index (χ3n) is 3.92. The third kappa shape index (κ3) is 4.70. The van der Waals surface area contributed by atoms with Crippen molar-refractivity contribution in [1.82, 2.24) is 0 Å². The molecule has 0 amide bonds. The maximum atomic E-state index is 11.2. The molecule has 0 heterocycles. The third-order valence-corrected chi connectivity index (χ3v) is 3.92. The lowest BCUT2D eigenvalue weighted by atomic mass is 10.0. The SMILES string of the molecule is CC(=O)Cc1ccc(-c2ccc(N=Nc3ccc(C)cc3)cc2)cc1. The van der Waals surface area contributed by atoms with Gasteiger partial charge in [-0.05, 0) is 54.8 Å². The standard InChI is InChI=1S/C22H20N2O/c1-16-3-11-21(12-4-16)23-24-22-13-9-20(10-14-22)19-7-5-18(6-8-19)15-17(2)25/h3-14H,15H2,1-2H3. The van der Waals surface area contributed by atoms with Crippen molar-refractivity contribution in [3.05, 3.63) is 83.9 Å². The summed E-state index contributed by atoms with van der Waals surface area (Å²) in [6, 6.07) is 24.0. The fourth-order valence-electron chi connectivity index (χ4n) is 2.55. The maximum Gasteiger partial charge on any atom is 0.134 e. The maximum absolute atomic E-state index is 11.2. The predicted octanol–water partition coefficient (Wildman–Crippen LogP) is 6.21. The van der Waals surface area contributed by atoms with Crippen molar-refractivity contribution in [1.29, 1.82) is 0 Å². The van der Waals surface area contributed by atoms with E-state index in [1.807, 2.05) is 79.7 Å². The molecule has 0 atom stereocenters. The highest BCUT2D eigenvalue weighted by Crippen LogP contribution is 2.24. The summed E-state index contributed by atoms with van der Waals surface area (Å²) in [5.41, 5.74) is 6.14. The molecule has 3 nitrogen and oxygen atoms in total. The molecule has 3 aromatic rings. The Labute approximate surface area is 148 Å².